The van der Waals surface area contributed by atoms with Gasteiger partial charge in [-0.3, -0.25) is 4.79 Å². The molecule has 100 valence electrons. The fraction of sp³-hybridized carbons (Fsp3) is 0.500. The number of carbonyl (C=O) groups excluding carboxylic acids is 1. The molecule has 0 atom stereocenters. The van der Waals surface area contributed by atoms with Crippen LogP contribution in [0.1, 0.15) is 38.1 Å². The highest BCUT2D eigenvalue weighted by Crippen LogP contribution is 2.28. The minimum Gasteiger partial charge on any atom is -0.507 e. The number of aromatic hydroxyl groups is 2. The lowest BCUT2D eigenvalue weighted by Gasteiger charge is -2.29. The minimum atomic E-state index is -0.339. The molecule has 0 spiro atoms. The van der Waals surface area contributed by atoms with E-state index in [4.69, 9.17) is 0 Å². The lowest BCUT2D eigenvalue weighted by molar-refractivity contribution is 0.0675. The Morgan fingerprint density at radius 2 is 1.67 bits per heavy atom. The van der Waals surface area contributed by atoms with Gasteiger partial charge in [0.2, 0.25) is 0 Å². The number of carbonyl (C=O) groups is 1. The summed E-state index contributed by atoms with van der Waals surface area (Å²) >= 11 is 0. The van der Waals surface area contributed by atoms with E-state index in [0.717, 1.165) is 0 Å². The third-order valence-electron chi connectivity index (χ3n) is 2.68. The molecule has 1 aromatic carbocycles. The number of nitrogens with zero attached hydrogens (tertiary/aromatic N) is 1. The first-order valence-electron chi connectivity index (χ1n) is 6.16. The van der Waals surface area contributed by atoms with E-state index in [1.165, 1.54) is 18.2 Å². The van der Waals surface area contributed by atoms with Crippen molar-refractivity contribution in [3.05, 3.63) is 23.8 Å². The van der Waals surface area contributed by atoms with Crippen LogP contribution in [0.3, 0.4) is 0 Å². The molecule has 4 nitrogen and oxygen atoms in total. The predicted molar refractivity (Wildman–Crippen MR) is 70.8 cm³/mol. The highest BCUT2D eigenvalue weighted by atomic mass is 16.3. The van der Waals surface area contributed by atoms with E-state index in [1.54, 1.807) is 4.90 Å². The fourth-order valence-corrected chi connectivity index (χ4v) is 1.81. The normalized spacial score (nSPS) is 11.0. The van der Waals surface area contributed by atoms with E-state index in [2.05, 4.69) is 0 Å². The third kappa shape index (κ3) is 3.15. The van der Waals surface area contributed by atoms with Gasteiger partial charge in [-0.15, -0.1) is 0 Å². The molecular formula is C14H21NO3. The van der Waals surface area contributed by atoms with Crippen molar-refractivity contribution in [2.75, 3.05) is 6.54 Å². The van der Waals surface area contributed by atoms with Gasteiger partial charge in [-0.05, 0) is 31.9 Å². The molecule has 0 aliphatic heterocycles. The monoisotopic (exact) mass is 251 g/mol. The second-order valence-electron chi connectivity index (χ2n) is 5.12. The van der Waals surface area contributed by atoms with E-state index in [9.17, 15) is 15.0 Å². The molecule has 2 N–H and O–H groups in total. The number of hydrogen-bond acceptors (Lipinski definition) is 3. The summed E-state index contributed by atoms with van der Waals surface area (Å²) in [7, 11) is 0. The van der Waals surface area contributed by atoms with Crippen LogP contribution in [0.4, 0.5) is 0 Å². The smallest absolute Gasteiger partial charge is 0.261 e. The first kappa shape index (κ1) is 14.4. The molecule has 1 aromatic rings. The van der Waals surface area contributed by atoms with Crippen LogP contribution in [0.5, 0.6) is 11.5 Å². The summed E-state index contributed by atoms with van der Waals surface area (Å²) in [6.45, 7) is 8.46. The van der Waals surface area contributed by atoms with Gasteiger partial charge in [0, 0.05) is 12.6 Å². The van der Waals surface area contributed by atoms with Crippen molar-refractivity contribution in [2.24, 2.45) is 5.92 Å². The van der Waals surface area contributed by atoms with Crippen LogP contribution in [0.2, 0.25) is 0 Å². The van der Waals surface area contributed by atoms with Gasteiger partial charge in [0.1, 0.15) is 17.1 Å². The Balaban J connectivity index is 3.10. The Morgan fingerprint density at radius 3 is 2.06 bits per heavy atom. The number of amides is 1. The van der Waals surface area contributed by atoms with E-state index in [1.807, 2.05) is 27.7 Å². The molecule has 0 aliphatic carbocycles. The maximum absolute atomic E-state index is 12.4. The lowest BCUT2D eigenvalue weighted by atomic mass is 10.1. The van der Waals surface area contributed by atoms with Gasteiger partial charge in [0.15, 0.2) is 0 Å². The molecule has 1 rings (SSSR count). The average molecular weight is 251 g/mol. The maximum Gasteiger partial charge on any atom is 0.261 e. The topological polar surface area (TPSA) is 60.8 Å². The summed E-state index contributed by atoms with van der Waals surface area (Å²) in [6, 6.07) is 4.32. The van der Waals surface area contributed by atoms with Crippen LogP contribution in [0.25, 0.3) is 0 Å². The summed E-state index contributed by atoms with van der Waals surface area (Å²) in [5.74, 6) is -0.387. The molecule has 4 heteroatoms. The molecular weight excluding hydrogens is 230 g/mol. The summed E-state index contributed by atoms with van der Waals surface area (Å²) in [5, 5.41) is 19.4. The SMILES string of the molecule is CC(C)CN(C(=O)c1c(O)cccc1O)C(C)C. The van der Waals surface area contributed by atoms with E-state index in [0.29, 0.717) is 12.5 Å². The molecule has 0 aromatic heterocycles. The highest BCUT2D eigenvalue weighted by molar-refractivity contribution is 5.99. The molecule has 0 saturated carbocycles. The number of rotatable bonds is 4. The molecule has 0 unspecified atom stereocenters. The Morgan fingerprint density at radius 1 is 1.17 bits per heavy atom. The zero-order valence-corrected chi connectivity index (χ0v) is 11.3. The van der Waals surface area contributed by atoms with Gasteiger partial charge < -0.3 is 15.1 Å². The van der Waals surface area contributed by atoms with Gasteiger partial charge in [-0.2, -0.15) is 0 Å². The Bertz CT molecular complexity index is 407. The first-order chi connectivity index (χ1) is 8.34. The van der Waals surface area contributed by atoms with Crippen LogP contribution < -0.4 is 0 Å². The highest BCUT2D eigenvalue weighted by Gasteiger charge is 2.24. The summed E-state index contributed by atoms with van der Waals surface area (Å²) in [5.41, 5.74) is -0.0214. The van der Waals surface area contributed by atoms with Crippen molar-refractivity contribution in [3.8, 4) is 11.5 Å². The third-order valence-corrected chi connectivity index (χ3v) is 2.68. The molecule has 0 saturated heterocycles. The first-order valence-corrected chi connectivity index (χ1v) is 6.16. The van der Waals surface area contributed by atoms with E-state index in [-0.39, 0.29) is 29.0 Å². The van der Waals surface area contributed by atoms with Crippen LogP contribution in [0.15, 0.2) is 18.2 Å². The lowest BCUT2D eigenvalue weighted by Crippen LogP contribution is -2.39. The van der Waals surface area contributed by atoms with E-state index >= 15 is 0 Å². The number of hydrogen-bond donors (Lipinski definition) is 2. The largest absolute Gasteiger partial charge is 0.507 e. The summed E-state index contributed by atoms with van der Waals surface area (Å²) in [6.07, 6.45) is 0. The Hall–Kier alpha value is -1.71. The van der Waals surface area contributed by atoms with Gasteiger partial charge in [-0.25, -0.2) is 0 Å². The van der Waals surface area contributed by atoms with Crippen LogP contribution in [-0.4, -0.2) is 33.6 Å². The second-order valence-corrected chi connectivity index (χ2v) is 5.12. The van der Waals surface area contributed by atoms with Crippen molar-refractivity contribution in [1.29, 1.82) is 0 Å². The zero-order chi connectivity index (χ0) is 13.9. The molecule has 0 heterocycles. The van der Waals surface area contributed by atoms with Crippen LogP contribution in [-0.2, 0) is 0 Å². The molecule has 1 amide bonds. The molecule has 0 fully saturated rings. The number of phenolic OH excluding ortho intramolecular Hbond substituents is 2. The second kappa shape index (κ2) is 5.76. The van der Waals surface area contributed by atoms with Crippen LogP contribution in [0, 0.1) is 5.92 Å². The van der Waals surface area contributed by atoms with E-state index < -0.39 is 0 Å². The van der Waals surface area contributed by atoms with Crippen molar-refractivity contribution in [3.63, 3.8) is 0 Å². The molecule has 0 bridgehead atoms. The average Bonchev–Trinajstić information content (AvgIpc) is 2.24. The van der Waals surface area contributed by atoms with Gasteiger partial charge in [0.25, 0.3) is 5.91 Å². The molecule has 0 aliphatic rings. The summed E-state index contributed by atoms with van der Waals surface area (Å²) < 4.78 is 0. The van der Waals surface area contributed by atoms with Crippen LogP contribution >= 0.6 is 0 Å². The summed E-state index contributed by atoms with van der Waals surface area (Å²) in [4.78, 5) is 14.0. The Kier molecular flexibility index (Phi) is 4.59. The van der Waals surface area contributed by atoms with Crippen molar-refractivity contribution >= 4 is 5.91 Å². The molecule has 18 heavy (non-hydrogen) atoms. The zero-order valence-electron chi connectivity index (χ0n) is 11.3. The van der Waals surface area contributed by atoms with Crippen molar-refractivity contribution in [2.45, 2.75) is 33.7 Å². The quantitative estimate of drug-likeness (QED) is 0.864. The Labute approximate surface area is 108 Å². The van der Waals surface area contributed by atoms with Gasteiger partial charge in [0.05, 0.1) is 0 Å². The van der Waals surface area contributed by atoms with Gasteiger partial charge in [-0.1, -0.05) is 19.9 Å². The standard InChI is InChI=1S/C14H21NO3/c1-9(2)8-15(10(3)4)14(18)13-11(16)6-5-7-12(13)17/h5-7,9-10,16-17H,8H2,1-4H3. The molecule has 0 radical (unpaired) electrons. The predicted octanol–water partition coefficient (Wildman–Crippen LogP) is 2.60. The van der Waals surface area contributed by atoms with Crippen molar-refractivity contribution < 1.29 is 15.0 Å². The van der Waals surface area contributed by atoms with Gasteiger partial charge >= 0.3 is 0 Å². The minimum absolute atomic E-state index is 0.0129. The number of benzene rings is 1. The van der Waals surface area contributed by atoms with Crippen molar-refractivity contribution in [1.82, 2.24) is 4.90 Å². The fourth-order valence-electron chi connectivity index (χ4n) is 1.81. The number of phenols is 2. The maximum atomic E-state index is 12.4.